The minimum Gasteiger partial charge on any atom is -0.497 e. The van der Waals surface area contributed by atoms with E-state index in [2.05, 4.69) is 34.1 Å². The molecule has 0 spiro atoms. The van der Waals surface area contributed by atoms with E-state index in [1.165, 1.54) is 5.56 Å². The Morgan fingerprint density at radius 3 is 2.71 bits per heavy atom. The first-order valence-electron chi connectivity index (χ1n) is 15.2. The summed E-state index contributed by atoms with van der Waals surface area (Å²) in [5.74, 6) is 1.58. The van der Waals surface area contributed by atoms with Crippen LogP contribution in [0.25, 0.3) is 16.4 Å². The number of hydrogen-bond donors (Lipinski definition) is 1. The van der Waals surface area contributed by atoms with Crippen LogP contribution < -0.4 is 9.46 Å². The summed E-state index contributed by atoms with van der Waals surface area (Å²) < 4.78 is 43.5. The highest BCUT2D eigenvalue weighted by atomic mass is 32.2. The largest absolute Gasteiger partial charge is 0.497 e. The summed E-state index contributed by atoms with van der Waals surface area (Å²) >= 11 is 1.73. The fraction of sp³-hybridized carbons (Fsp3) is 0.314. The SMILES string of the molecule is CN=C(SCc1ccc(OC)cc1)C1(c2ccc3nccn3c2)CCCCC1OCCNS(=O)(=O)c1cccc2ccccc12. The lowest BCUT2D eigenvalue weighted by atomic mass is 9.68. The van der Waals surface area contributed by atoms with Crippen molar-refractivity contribution in [2.24, 2.45) is 4.99 Å². The van der Waals surface area contributed by atoms with Crippen LogP contribution in [-0.4, -0.2) is 56.3 Å². The van der Waals surface area contributed by atoms with E-state index in [1.807, 2.05) is 66.2 Å². The summed E-state index contributed by atoms with van der Waals surface area (Å²) in [5.41, 5.74) is 2.69. The predicted molar refractivity (Wildman–Crippen MR) is 182 cm³/mol. The van der Waals surface area contributed by atoms with Crippen LogP contribution in [0, 0.1) is 0 Å². The van der Waals surface area contributed by atoms with Gasteiger partial charge in [-0.15, -0.1) is 11.8 Å². The van der Waals surface area contributed by atoms with Crippen LogP contribution >= 0.6 is 11.8 Å². The molecule has 1 saturated carbocycles. The van der Waals surface area contributed by atoms with Gasteiger partial charge in [-0.25, -0.2) is 18.1 Å². The fourth-order valence-electron chi connectivity index (χ4n) is 6.40. The third kappa shape index (κ3) is 6.51. The molecule has 0 saturated heterocycles. The van der Waals surface area contributed by atoms with Gasteiger partial charge in [0.25, 0.3) is 0 Å². The molecule has 1 fully saturated rings. The number of benzene rings is 3. The summed E-state index contributed by atoms with van der Waals surface area (Å²) in [7, 11) is -0.201. The Balaban J connectivity index is 1.25. The van der Waals surface area contributed by atoms with E-state index in [0.717, 1.165) is 58.8 Å². The van der Waals surface area contributed by atoms with E-state index in [-0.39, 0.29) is 24.2 Å². The molecule has 8 nitrogen and oxygen atoms in total. The molecule has 0 aliphatic heterocycles. The van der Waals surface area contributed by atoms with Crippen LogP contribution in [0.2, 0.25) is 0 Å². The minimum atomic E-state index is -3.73. The molecule has 0 bridgehead atoms. The number of aromatic nitrogens is 2. The van der Waals surface area contributed by atoms with E-state index in [0.29, 0.717) is 5.39 Å². The molecule has 234 valence electrons. The number of ether oxygens (including phenoxy) is 2. The zero-order chi connectivity index (χ0) is 31.3. The molecule has 2 aromatic heterocycles. The molecule has 0 amide bonds. The number of nitrogens with one attached hydrogen (secondary N) is 1. The van der Waals surface area contributed by atoms with E-state index < -0.39 is 15.4 Å². The van der Waals surface area contributed by atoms with Crippen LogP contribution in [0.1, 0.15) is 36.8 Å². The lowest BCUT2D eigenvalue weighted by Crippen LogP contribution is -2.50. The fourth-order valence-corrected chi connectivity index (χ4v) is 8.87. The highest BCUT2D eigenvalue weighted by Gasteiger charge is 2.47. The van der Waals surface area contributed by atoms with Crippen molar-refractivity contribution in [3.8, 4) is 5.75 Å². The first-order valence-corrected chi connectivity index (χ1v) is 17.7. The van der Waals surface area contributed by atoms with Gasteiger partial charge < -0.3 is 13.9 Å². The van der Waals surface area contributed by atoms with Gasteiger partial charge in [0.05, 0.1) is 35.2 Å². The first kappa shape index (κ1) is 31.3. The number of imidazole rings is 1. The number of sulfonamides is 1. The molecular formula is C35H38N4O4S2. The van der Waals surface area contributed by atoms with Crippen molar-refractivity contribution in [1.82, 2.24) is 14.1 Å². The van der Waals surface area contributed by atoms with Gasteiger partial charge >= 0.3 is 0 Å². The first-order chi connectivity index (χ1) is 21.9. The standard InChI is InChI=1S/C35H38N4O4S2/c1-36-34(44-25-26-13-16-29(42-2)17-14-26)35(28-15-18-33-37-20-22-39(33)24-28)19-6-5-12-32(35)43-23-21-38-45(40,41)31-11-7-9-27-8-3-4-10-30(27)31/h3-4,7-11,13-18,20,22,24,32,38H,5-6,12,19,21,23,25H2,1-2H3. The maximum atomic E-state index is 13.4. The molecule has 45 heavy (non-hydrogen) atoms. The molecule has 5 aromatic rings. The minimum absolute atomic E-state index is 0.163. The van der Waals surface area contributed by atoms with Crippen molar-refractivity contribution in [2.45, 2.75) is 47.9 Å². The number of rotatable bonds is 11. The van der Waals surface area contributed by atoms with E-state index in [9.17, 15) is 8.42 Å². The van der Waals surface area contributed by atoms with E-state index >= 15 is 0 Å². The highest BCUT2D eigenvalue weighted by Crippen LogP contribution is 2.46. The van der Waals surface area contributed by atoms with Gasteiger partial charge in [-0.2, -0.15) is 0 Å². The van der Waals surface area contributed by atoms with Crippen LogP contribution in [0.5, 0.6) is 5.75 Å². The van der Waals surface area contributed by atoms with E-state index in [4.69, 9.17) is 14.5 Å². The summed E-state index contributed by atoms with van der Waals surface area (Å²) in [6.45, 7) is 0.403. The van der Waals surface area contributed by atoms with Crippen molar-refractivity contribution >= 4 is 43.2 Å². The Morgan fingerprint density at radius 1 is 1.07 bits per heavy atom. The van der Waals surface area contributed by atoms with Crippen molar-refractivity contribution in [3.63, 3.8) is 0 Å². The van der Waals surface area contributed by atoms with Gasteiger partial charge in [-0.1, -0.05) is 67.4 Å². The van der Waals surface area contributed by atoms with Gasteiger partial charge in [0, 0.05) is 43.3 Å². The average Bonchev–Trinajstić information content (AvgIpc) is 3.56. The molecule has 1 aliphatic rings. The van der Waals surface area contributed by atoms with Crippen LogP contribution in [0.3, 0.4) is 0 Å². The zero-order valence-corrected chi connectivity index (χ0v) is 27.2. The van der Waals surface area contributed by atoms with Crippen molar-refractivity contribution in [1.29, 1.82) is 0 Å². The topological polar surface area (TPSA) is 94.3 Å². The lowest BCUT2D eigenvalue weighted by molar-refractivity contribution is -0.00166. The lowest BCUT2D eigenvalue weighted by Gasteiger charge is -2.45. The number of nitrogens with zero attached hydrogens (tertiary/aromatic N) is 3. The molecule has 2 heterocycles. The maximum Gasteiger partial charge on any atom is 0.241 e. The predicted octanol–water partition coefficient (Wildman–Crippen LogP) is 6.63. The number of fused-ring (bicyclic) bond motifs is 2. The highest BCUT2D eigenvalue weighted by molar-refractivity contribution is 8.13. The number of thioether (sulfide) groups is 1. The third-order valence-electron chi connectivity index (χ3n) is 8.61. The van der Waals surface area contributed by atoms with Crippen molar-refractivity contribution in [3.05, 3.63) is 109 Å². The monoisotopic (exact) mass is 642 g/mol. The normalized spacial score (nSPS) is 19.2. The molecule has 2 atom stereocenters. The van der Waals surface area contributed by atoms with Crippen LogP contribution in [0.15, 0.2) is 107 Å². The smallest absolute Gasteiger partial charge is 0.241 e. The second kappa shape index (κ2) is 13.7. The number of methoxy groups -OCH3 is 1. The second-order valence-corrected chi connectivity index (χ2v) is 13.9. The summed E-state index contributed by atoms with van der Waals surface area (Å²) in [6, 6.07) is 25.2. The molecule has 2 unspecified atom stereocenters. The molecule has 10 heteroatoms. The average molecular weight is 643 g/mol. The third-order valence-corrected chi connectivity index (χ3v) is 11.4. The van der Waals surface area contributed by atoms with Gasteiger partial charge in [0.2, 0.25) is 10.0 Å². The maximum absolute atomic E-state index is 13.4. The summed E-state index contributed by atoms with van der Waals surface area (Å²) in [4.78, 5) is 9.63. The molecule has 1 N–H and O–H groups in total. The molecule has 6 rings (SSSR count). The van der Waals surface area contributed by atoms with E-state index in [1.54, 1.807) is 37.2 Å². The van der Waals surface area contributed by atoms with Crippen molar-refractivity contribution < 1.29 is 17.9 Å². The Bertz CT molecular complexity index is 1900. The molecule has 0 radical (unpaired) electrons. The van der Waals surface area contributed by atoms with Crippen LogP contribution in [0.4, 0.5) is 0 Å². The number of hydrogen-bond acceptors (Lipinski definition) is 7. The second-order valence-electron chi connectivity index (χ2n) is 11.2. The van der Waals surface area contributed by atoms with Crippen LogP contribution in [-0.2, 0) is 25.9 Å². The Hall–Kier alpha value is -3.70. The van der Waals surface area contributed by atoms with Gasteiger partial charge in [0.1, 0.15) is 11.4 Å². The Kier molecular flexibility index (Phi) is 9.56. The Morgan fingerprint density at radius 2 is 1.89 bits per heavy atom. The summed E-state index contributed by atoms with van der Waals surface area (Å²) in [6.07, 6.45) is 9.51. The summed E-state index contributed by atoms with van der Waals surface area (Å²) in [5, 5.41) is 2.60. The zero-order valence-electron chi connectivity index (χ0n) is 25.6. The van der Waals surface area contributed by atoms with Gasteiger partial charge in [-0.3, -0.25) is 4.99 Å². The molecule has 1 aliphatic carbocycles. The van der Waals surface area contributed by atoms with Gasteiger partial charge in [-0.05, 0) is 53.6 Å². The van der Waals surface area contributed by atoms with Crippen molar-refractivity contribution in [2.75, 3.05) is 27.3 Å². The molecular weight excluding hydrogens is 605 g/mol. The number of pyridine rings is 1. The molecule has 3 aromatic carbocycles. The number of aliphatic imine (C=N–C) groups is 1. The Labute approximate surface area is 268 Å². The van der Waals surface area contributed by atoms with Gasteiger partial charge in [0.15, 0.2) is 0 Å². The quantitative estimate of drug-likeness (QED) is 0.0988.